The number of hydrogen-bond acceptors (Lipinski definition) is 7. The maximum atomic E-state index is 11.8. The molecule has 1 aromatic rings. The van der Waals surface area contributed by atoms with E-state index in [2.05, 4.69) is 15.2 Å². The summed E-state index contributed by atoms with van der Waals surface area (Å²) >= 11 is 0. The van der Waals surface area contributed by atoms with Crippen LogP contribution in [0.5, 0.6) is 0 Å². The van der Waals surface area contributed by atoms with Crippen molar-refractivity contribution in [1.82, 2.24) is 9.88 Å². The topological polar surface area (TPSA) is 89.7 Å². The van der Waals surface area contributed by atoms with Crippen molar-refractivity contribution in [2.24, 2.45) is 0 Å². The molecule has 1 saturated heterocycles. The quantitative estimate of drug-likeness (QED) is 0.742. The average Bonchev–Trinajstić information content (AvgIpc) is 2.50. The summed E-state index contributed by atoms with van der Waals surface area (Å²) in [7, 11) is 0. The zero-order chi connectivity index (χ0) is 15.1. The van der Waals surface area contributed by atoms with Gasteiger partial charge in [0, 0.05) is 26.2 Å². The lowest BCUT2D eigenvalue weighted by Gasteiger charge is -2.26. The average molecular weight is 294 g/mol. The third-order valence-corrected chi connectivity index (χ3v) is 3.27. The molecule has 0 unspecified atom stereocenters. The van der Waals surface area contributed by atoms with Gasteiger partial charge >= 0.3 is 5.97 Å². The molecule has 21 heavy (non-hydrogen) atoms. The molecule has 0 aromatic carbocycles. The molecule has 0 amide bonds. The van der Waals surface area contributed by atoms with Crippen molar-refractivity contribution in [1.29, 1.82) is 0 Å². The predicted molar refractivity (Wildman–Crippen MR) is 80.4 cm³/mol. The van der Waals surface area contributed by atoms with Gasteiger partial charge in [-0.1, -0.05) is 0 Å². The van der Waals surface area contributed by atoms with Crippen LogP contribution in [0.15, 0.2) is 12.3 Å². The van der Waals surface area contributed by atoms with Crippen LogP contribution in [-0.4, -0.2) is 61.9 Å². The molecule has 3 N–H and O–H groups in total. The second-order valence-electron chi connectivity index (χ2n) is 4.76. The number of morpholine rings is 1. The molecule has 1 aliphatic heterocycles. The number of esters is 1. The number of nitrogens with two attached hydrogens (primary N) is 1. The summed E-state index contributed by atoms with van der Waals surface area (Å²) in [6.07, 6.45) is 1.48. The Morgan fingerprint density at radius 2 is 2.29 bits per heavy atom. The Balaban J connectivity index is 1.88. The minimum Gasteiger partial charge on any atom is -0.462 e. The first-order chi connectivity index (χ1) is 10.2. The highest BCUT2D eigenvalue weighted by Crippen LogP contribution is 2.16. The minimum absolute atomic E-state index is 0.320. The number of nitrogens with zero attached hydrogens (tertiary/aromatic N) is 2. The molecule has 0 saturated carbocycles. The van der Waals surface area contributed by atoms with Crippen LogP contribution in [0.25, 0.3) is 0 Å². The summed E-state index contributed by atoms with van der Waals surface area (Å²) < 4.78 is 10.3. The number of rotatable bonds is 6. The van der Waals surface area contributed by atoms with Gasteiger partial charge in [-0.15, -0.1) is 0 Å². The number of nitrogen functional groups attached to an aromatic ring is 1. The molecular weight excluding hydrogens is 272 g/mol. The highest BCUT2D eigenvalue weighted by Gasteiger charge is 2.13. The smallest absolute Gasteiger partial charge is 0.340 e. The molecule has 2 rings (SSSR count). The molecule has 7 nitrogen and oxygen atoms in total. The molecular formula is C14H22N4O3. The number of anilines is 2. The number of ether oxygens (including phenoxy) is 2. The molecule has 1 fully saturated rings. The van der Waals surface area contributed by atoms with Crippen molar-refractivity contribution in [2.75, 3.05) is 57.1 Å². The second-order valence-corrected chi connectivity index (χ2v) is 4.76. The van der Waals surface area contributed by atoms with E-state index in [-0.39, 0.29) is 0 Å². The highest BCUT2D eigenvalue weighted by molar-refractivity contribution is 5.95. The summed E-state index contributed by atoms with van der Waals surface area (Å²) in [4.78, 5) is 18.3. The van der Waals surface area contributed by atoms with E-state index >= 15 is 0 Å². The fraction of sp³-hybridized carbons (Fsp3) is 0.571. The number of nitrogens with one attached hydrogen (secondary N) is 1. The molecule has 0 bridgehead atoms. The Morgan fingerprint density at radius 3 is 3.00 bits per heavy atom. The summed E-state index contributed by atoms with van der Waals surface area (Å²) in [5.41, 5.74) is 6.43. The van der Waals surface area contributed by atoms with Gasteiger partial charge in [0.2, 0.25) is 0 Å². The van der Waals surface area contributed by atoms with Crippen LogP contribution >= 0.6 is 0 Å². The number of pyridine rings is 1. The second kappa shape index (κ2) is 7.80. The molecule has 0 aliphatic carbocycles. The van der Waals surface area contributed by atoms with Gasteiger partial charge in [0.15, 0.2) is 0 Å². The zero-order valence-electron chi connectivity index (χ0n) is 12.3. The summed E-state index contributed by atoms with van der Waals surface area (Å²) in [5, 5.41) is 3.20. The number of carbonyl (C=O) groups excluding carboxylic acids is 1. The lowest BCUT2D eigenvalue weighted by Crippen LogP contribution is -2.39. The Kier molecular flexibility index (Phi) is 5.77. The van der Waals surface area contributed by atoms with Gasteiger partial charge in [-0.25, -0.2) is 9.78 Å². The Hall–Kier alpha value is -1.86. The molecule has 1 aliphatic rings. The monoisotopic (exact) mass is 294 g/mol. The van der Waals surface area contributed by atoms with Crippen molar-refractivity contribution >= 4 is 17.5 Å². The van der Waals surface area contributed by atoms with Gasteiger partial charge < -0.3 is 20.5 Å². The first-order valence-electron chi connectivity index (χ1n) is 7.17. The molecule has 0 spiro atoms. The number of hydrogen-bond donors (Lipinski definition) is 2. The maximum absolute atomic E-state index is 11.8. The van der Waals surface area contributed by atoms with Crippen molar-refractivity contribution < 1.29 is 14.3 Å². The third kappa shape index (κ3) is 4.57. The summed E-state index contributed by atoms with van der Waals surface area (Å²) in [5.74, 6) is 0.203. The number of aromatic nitrogens is 1. The highest BCUT2D eigenvalue weighted by atomic mass is 16.5. The fourth-order valence-corrected chi connectivity index (χ4v) is 2.12. The Bertz CT molecular complexity index is 475. The SMILES string of the molecule is CCOC(=O)c1cc(NCCN2CCOCC2)ncc1N. The van der Waals surface area contributed by atoms with Crippen molar-refractivity contribution in [2.45, 2.75) is 6.92 Å². The van der Waals surface area contributed by atoms with Crippen LogP contribution < -0.4 is 11.1 Å². The van der Waals surface area contributed by atoms with Crippen molar-refractivity contribution in [3.8, 4) is 0 Å². The standard InChI is InChI=1S/C14H22N4O3/c1-2-21-14(19)11-9-13(17-10-12(11)15)16-3-4-18-5-7-20-8-6-18/h9-10H,2-8,15H2,1H3,(H,16,17). The van der Waals surface area contributed by atoms with Crippen LogP contribution in [0, 0.1) is 0 Å². The molecule has 1 aromatic heterocycles. The van der Waals surface area contributed by atoms with Crippen molar-refractivity contribution in [3.05, 3.63) is 17.8 Å². The molecule has 0 atom stereocenters. The fourth-order valence-electron chi connectivity index (χ4n) is 2.12. The van der Waals surface area contributed by atoms with E-state index in [4.69, 9.17) is 15.2 Å². The van der Waals surface area contributed by atoms with E-state index in [1.807, 2.05) is 0 Å². The van der Waals surface area contributed by atoms with E-state index in [1.54, 1.807) is 13.0 Å². The van der Waals surface area contributed by atoms with Crippen LogP contribution in [0.2, 0.25) is 0 Å². The normalized spacial score (nSPS) is 15.7. The lowest BCUT2D eigenvalue weighted by molar-refractivity contribution is 0.0398. The maximum Gasteiger partial charge on any atom is 0.340 e. The van der Waals surface area contributed by atoms with E-state index in [0.717, 1.165) is 39.4 Å². The summed E-state index contributed by atoms with van der Waals surface area (Å²) in [6.45, 7) is 7.20. The third-order valence-electron chi connectivity index (χ3n) is 3.27. The van der Waals surface area contributed by atoms with Crippen LogP contribution in [0.1, 0.15) is 17.3 Å². The first kappa shape index (κ1) is 15.5. The summed E-state index contributed by atoms with van der Waals surface area (Å²) in [6, 6.07) is 1.63. The number of carbonyl (C=O) groups is 1. The van der Waals surface area contributed by atoms with Gasteiger partial charge in [-0.2, -0.15) is 0 Å². The van der Waals surface area contributed by atoms with E-state index in [0.29, 0.717) is 23.7 Å². The molecule has 0 radical (unpaired) electrons. The van der Waals surface area contributed by atoms with Gasteiger partial charge in [0.1, 0.15) is 5.82 Å². The molecule has 7 heteroatoms. The van der Waals surface area contributed by atoms with E-state index in [9.17, 15) is 4.79 Å². The van der Waals surface area contributed by atoms with Crippen LogP contribution in [-0.2, 0) is 9.47 Å². The van der Waals surface area contributed by atoms with Crippen LogP contribution in [0.4, 0.5) is 11.5 Å². The lowest BCUT2D eigenvalue weighted by atomic mass is 10.2. The zero-order valence-corrected chi connectivity index (χ0v) is 12.3. The Labute approximate surface area is 124 Å². The van der Waals surface area contributed by atoms with E-state index in [1.165, 1.54) is 6.20 Å². The van der Waals surface area contributed by atoms with Gasteiger partial charge in [0.25, 0.3) is 0 Å². The van der Waals surface area contributed by atoms with Gasteiger partial charge in [0.05, 0.1) is 37.3 Å². The first-order valence-corrected chi connectivity index (χ1v) is 7.17. The van der Waals surface area contributed by atoms with Crippen molar-refractivity contribution in [3.63, 3.8) is 0 Å². The minimum atomic E-state index is -0.423. The predicted octanol–water partition coefficient (Wildman–Crippen LogP) is 0.585. The van der Waals surface area contributed by atoms with Gasteiger partial charge in [-0.05, 0) is 13.0 Å². The van der Waals surface area contributed by atoms with Gasteiger partial charge in [-0.3, -0.25) is 4.90 Å². The van der Waals surface area contributed by atoms with E-state index < -0.39 is 5.97 Å². The largest absolute Gasteiger partial charge is 0.462 e. The molecule has 116 valence electrons. The van der Waals surface area contributed by atoms with Crippen LogP contribution in [0.3, 0.4) is 0 Å². The molecule has 2 heterocycles. The Morgan fingerprint density at radius 1 is 1.52 bits per heavy atom.